The molecule has 0 aliphatic carbocycles. The van der Waals surface area contributed by atoms with Crippen LogP contribution in [0.3, 0.4) is 0 Å². The number of aryl methyl sites for hydroxylation is 2. The summed E-state index contributed by atoms with van der Waals surface area (Å²) >= 11 is 0. The van der Waals surface area contributed by atoms with Crippen molar-refractivity contribution >= 4 is 17.3 Å². The molecule has 0 saturated carbocycles. The highest BCUT2D eigenvalue weighted by Crippen LogP contribution is 2.37. The summed E-state index contributed by atoms with van der Waals surface area (Å²) in [5, 5.41) is 5.98. The van der Waals surface area contributed by atoms with Crippen molar-refractivity contribution in [1.82, 2.24) is 15.1 Å². The fourth-order valence-corrected chi connectivity index (χ4v) is 4.53. The van der Waals surface area contributed by atoms with E-state index >= 15 is 0 Å². The summed E-state index contributed by atoms with van der Waals surface area (Å²) in [5.41, 5.74) is 3.61. The van der Waals surface area contributed by atoms with Gasteiger partial charge in [0.2, 0.25) is 5.91 Å². The Morgan fingerprint density at radius 3 is 2.19 bits per heavy atom. The summed E-state index contributed by atoms with van der Waals surface area (Å²) in [6.45, 7) is 0.573. The van der Waals surface area contributed by atoms with Crippen molar-refractivity contribution in [2.45, 2.75) is 32.0 Å². The number of carbonyl (C=O) groups excluding carboxylic acids is 1. The number of anilines is 2. The molecule has 2 aliphatic heterocycles. The van der Waals surface area contributed by atoms with Crippen molar-refractivity contribution in [3.05, 3.63) is 76.6 Å². The molecule has 0 bridgehead atoms. The summed E-state index contributed by atoms with van der Waals surface area (Å²) in [5.74, 6) is -0.151. The standard InChI is InChI=1S/C23H21F3N4O/c24-23(25,26)22-17-13-29(12-11-18(17)27-28-22)14-21(31)30-19-7-3-1-5-15(19)9-10-16-6-2-4-8-20(16)30/h1-8H,9-14H2,(H,27,28). The van der Waals surface area contributed by atoms with Gasteiger partial charge in [0.1, 0.15) is 0 Å². The zero-order valence-corrected chi connectivity index (χ0v) is 16.7. The number of nitrogens with zero attached hydrogens (tertiary/aromatic N) is 3. The van der Waals surface area contributed by atoms with Gasteiger partial charge >= 0.3 is 6.18 Å². The number of fused-ring (bicyclic) bond motifs is 3. The first-order valence-corrected chi connectivity index (χ1v) is 10.3. The van der Waals surface area contributed by atoms with Crippen LogP contribution in [0, 0.1) is 0 Å². The number of aromatic amines is 1. The average molecular weight is 426 g/mol. The number of rotatable bonds is 2. The summed E-state index contributed by atoms with van der Waals surface area (Å²) in [4.78, 5) is 17.0. The highest BCUT2D eigenvalue weighted by atomic mass is 19.4. The van der Waals surface area contributed by atoms with Gasteiger partial charge in [0.15, 0.2) is 5.69 Å². The number of alkyl halides is 3. The second-order valence-electron chi connectivity index (χ2n) is 7.97. The van der Waals surface area contributed by atoms with Crippen molar-refractivity contribution in [3.8, 4) is 0 Å². The van der Waals surface area contributed by atoms with E-state index in [2.05, 4.69) is 10.2 Å². The Balaban J connectivity index is 1.45. The van der Waals surface area contributed by atoms with Crippen molar-refractivity contribution in [1.29, 1.82) is 0 Å². The van der Waals surface area contributed by atoms with E-state index in [-0.39, 0.29) is 24.6 Å². The lowest BCUT2D eigenvalue weighted by molar-refractivity contribution is -0.142. The number of aromatic nitrogens is 2. The number of nitrogens with one attached hydrogen (secondary N) is 1. The lowest BCUT2D eigenvalue weighted by Crippen LogP contribution is -2.41. The highest BCUT2D eigenvalue weighted by molar-refractivity contribution is 6.03. The van der Waals surface area contributed by atoms with Crippen LogP contribution in [0.15, 0.2) is 48.5 Å². The molecule has 5 nitrogen and oxygen atoms in total. The number of hydrogen-bond donors (Lipinski definition) is 1. The Kier molecular flexibility index (Phi) is 4.81. The van der Waals surface area contributed by atoms with Crippen LogP contribution < -0.4 is 4.90 Å². The van der Waals surface area contributed by atoms with Gasteiger partial charge in [0.25, 0.3) is 0 Å². The van der Waals surface area contributed by atoms with Crippen LogP contribution in [0.4, 0.5) is 24.5 Å². The third-order valence-electron chi connectivity index (χ3n) is 6.02. The maximum Gasteiger partial charge on any atom is 0.435 e. The number of amides is 1. The molecule has 0 spiro atoms. The van der Waals surface area contributed by atoms with Crippen LogP contribution in [0.25, 0.3) is 0 Å². The van der Waals surface area contributed by atoms with E-state index in [9.17, 15) is 18.0 Å². The minimum absolute atomic E-state index is 0.0323. The van der Waals surface area contributed by atoms with E-state index < -0.39 is 11.9 Å². The van der Waals surface area contributed by atoms with Gasteiger partial charge in [0.05, 0.1) is 17.9 Å². The SMILES string of the molecule is O=C(CN1CCc2[nH]nc(C(F)(F)F)c2C1)N1c2ccccc2CCc2ccccc21. The monoisotopic (exact) mass is 426 g/mol. The lowest BCUT2D eigenvalue weighted by Gasteiger charge is -2.30. The van der Waals surface area contributed by atoms with Crippen molar-refractivity contribution in [2.75, 3.05) is 18.0 Å². The number of benzene rings is 2. The van der Waals surface area contributed by atoms with Gasteiger partial charge in [0, 0.05) is 30.8 Å². The smallest absolute Gasteiger partial charge is 0.290 e. The Morgan fingerprint density at radius 2 is 1.58 bits per heavy atom. The van der Waals surface area contributed by atoms with Gasteiger partial charge in [-0.15, -0.1) is 0 Å². The average Bonchev–Trinajstić information content (AvgIpc) is 3.10. The quantitative estimate of drug-likeness (QED) is 0.667. The van der Waals surface area contributed by atoms with Crippen LogP contribution in [-0.2, 0) is 36.8 Å². The van der Waals surface area contributed by atoms with Crippen LogP contribution >= 0.6 is 0 Å². The molecule has 2 aliphatic rings. The molecule has 8 heteroatoms. The molecule has 1 aromatic heterocycles. The summed E-state index contributed by atoms with van der Waals surface area (Å²) in [6, 6.07) is 15.6. The first-order chi connectivity index (χ1) is 14.9. The molecule has 0 fully saturated rings. The van der Waals surface area contributed by atoms with Crippen molar-refractivity contribution < 1.29 is 18.0 Å². The fraction of sp³-hybridized carbons (Fsp3) is 0.304. The zero-order chi connectivity index (χ0) is 21.6. The molecule has 5 rings (SSSR count). The van der Waals surface area contributed by atoms with Crippen LogP contribution in [0.1, 0.15) is 28.1 Å². The summed E-state index contributed by atoms with van der Waals surface area (Å²) in [6.07, 6.45) is -2.46. The minimum Gasteiger partial charge on any atom is -0.290 e. The molecule has 2 aromatic carbocycles. The van der Waals surface area contributed by atoms with Gasteiger partial charge in [-0.1, -0.05) is 36.4 Å². The van der Waals surface area contributed by atoms with Crippen LogP contribution in [0.2, 0.25) is 0 Å². The maximum absolute atomic E-state index is 13.5. The van der Waals surface area contributed by atoms with E-state index in [0.717, 1.165) is 35.3 Å². The second-order valence-corrected chi connectivity index (χ2v) is 7.97. The first kappa shape index (κ1) is 19.8. The van der Waals surface area contributed by atoms with Gasteiger partial charge in [-0.2, -0.15) is 18.3 Å². The number of para-hydroxylation sites is 2. The van der Waals surface area contributed by atoms with Crippen molar-refractivity contribution in [3.63, 3.8) is 0 Å². The maximum atomic E-state index is 13.5. The largest absolute Gasteiger partial charge is 0.435 e. The molecule has 3 aromatic rings. The molecule has 1 amide bonds. The van der Waals surface area contributed by atoms with Gasteiger partial charge in [-0.05, 0) is 36.1 Å². The molecule has 1 N–H and O–H groups in total. The van der Waals surface area contributed by atoms with E-state index in [4.69, 9.17) is 0 Å². The van der Waals surface area contributed by atoms with Crippen molar-refractivity contribution in [2.24, 2.45) is 0 Å². The topological polar surface area (TPSA) is 52.2 Å². The molecular formula is C23H21F3N4O. The Labute approximate surface area is 177 Å². The van der Waals surface area contributed by atoms with Gasteiger partial charge in [-0.3, -0.25) is 19.7 Å². The molecule has 31 heavy (non-hydrogen) atoms. The number of hydrogen-bond acceptors (Lipinski definition) is 3. The van der Waals surface area contributed by atoms with E-state index in [1.54, 1.807) is 9.80 Å². The van der Waals surface area contributed by atoms with Gasteiger partial charge in [-0.25, -0.2) is 0 Å². The molecule has 0 atom stereocenters. The fourth-order valence-electron chi connectivity index (χ4n) is 4.53. The Hall–Kier alpha value is -3.13. The van der Waals surface area contributed by atoms with E-state index in [0.29, 0.717) is 18.7 Å². The third kappa shape index (κ3) is 3.61. The van der Waals surface area contributed by atoms with E-state index in [1.807, 2.05) is 48.5 Å². The number of halogens is 3. The van der Waals surface area contributed by atoms with Crippen LogP contribution in [-0.4, -0.2) is 34.1 Å². The number of H-pyrrole nitrogens is 1. The molecule has 0 radical (unpaired) electrons. The third-order valence-corrected chi connectivity index (χ3v) is 6.02. The minimum atomic E-state index is -4.51. The lowest BCUT2D eigenvalue weighted by atomic mass is 10.0. The van der Waals surface area contributed by atoms with E-state index in [1.165, 1.54) is 0 Å². The molecule has 160 valence electrons. The summed E-state index contributed by atoms with van der Waals surface area (Å²) < 4.78 is 39.9. The second kappa shape index (κ2) is 7.53. The first-order valence-electron chi connectivity index (χ1n) is 10.3. The summed E-state index contributed by atoms with van der Waals surface area (Å²) in [7, 11) is 0. The highest BCUT2D eigenvalue weighted by Gasteiger charge is 2.39. The Bertz CT molecular complexity index is 1090. The van der Waals surface area contributed by atoms with Crippen LogP contribution in [0.5, 0.6) is 0 Å². The predicted molar refractivity (Wildman–Crippen MR) is 110 cm³/mol. The Morgan fingerprint density at radius 1 is 0.968 bits per heavy atom. The zero-order valence-electron chi connectivity index (χ0n) is 16.7. The molecule has 0 saturated heterocycles. The normalized spacial score (nSPS) is 16.3. The predicted octanol–water partition coefficient (Wildman–Crippen LogP) is 4.25. The molecule has 0 unspecified atom stereocenters. The molecule has 3 heterocycles. The number of carbonyl (C=O) groups is 1. The molecular weight excluding hydrogens is 405 g/mol. The van der Waals surface area contributed by atoms with Gasteiger partial charge < -0.3 is 0 Å².